The summed E-state index contributed by atoms with van der Waals surface area (Å²) in [4.78, 5) is 12.9. The van der Waals surface area contributed by atoms with Crippen LogP contribution in [0.15, 0.2) is 59.5 Å². The van der Waals surface area contributed by atoms with Crippen LogP contribution in [0.25, 0.3) is 16.5 Å². The predicted octanol–water partition coefficient (Wildman–Crippen LogP) is 4.12. The monoisotopic (exact) mass is 293 g/mol. The van der Waals surface area contributed by atoms with E-state index in [-0.39, 0.29) is 5.56 Å². The quantitative estimate of drug-likeness (QED) is 0.727. The van der Waals surface area contributed by atoms with Gasteiger partial charge in [0.15, 0.2) is 0 Å². The van der Waals surface area contributed by atoms with E-state index in [9.17, 15) is 4.79 Å². The Kier molecular flexibility index (Phi) is 3.72. The Morgan fingerprint density at radius 1 is 0.955 bits per heavy atom. The molecule has 0 spiro atoms. The molecule has 0 amide bonds. The van der Waals surface area contributed by atoms with Crippen LogP contribution in [0.1, 0.15) is 25.3 Å². The smallest absolute Gasteiger partial charge is 0.263 e. The number of hydrogen-bond donors (Lipinski definition) is 0. The van der Waals surface area contributed by atoms with Gasteiger partial charge in [0.25, 0.3) is 5.56 Å². The van der Waals surface area contributed by atoms with E-state index < -0.39 is 0 Å². The lowest BCUT2D eigenvalue weighted by Gasteiger charge is -2.16. The van der Waals surface area contributed by atoms with Crippen molar-refractivity contribution in [3.8, 4) is 11.4 Å². The lowest BCUT2D eigenvalue weighted by Crippen LogP contribution is -2.20. The molecule has 0 radical (unpaired) electrons. The molecule has 22 heavy (non-hydrogen) atoms. The first kappa shape index (κ1) is 14.4. The van der Waals surface area contributed by atoms with Crippen molar-refractivity contribution in [1.82, 2.24) is 4.57 Å². The van der Waals surface area contributed by atoms with Gasteiger partial charge in [0.1, 0.15) is 5.75 Å². The fourth-order valence-corrected chi connectivity index (χ4v) is 2.79. The lowest BCUT2D eigenvalue weighted by molar-refractivity contribution is 0.412. The SMILES string of the molecule is COc1ccccc1-n1cc(C(C)C)c2ccccc2c1=O. The first-order valence-corrected chi connectivity index (χ1v) is 7.41. The summed E-state index contributed by atoms with van der Waals surface area (Å²) in [6.45, 7) is 4.28. The maximum Gasteiger partial charge on any atom is 0.263 e. The fraction of sp³-hybridized carbons (Fsp3) is 0.211. The third kappa shape index (κ3) is 2.29. The maximum atomic E-state index is 12.9. The highest BCUT2D eigenvalue weighted by Gasteiger charge is 2.14. The number of aromatic nitrogens is 1. The highest BCUT2D eigenvalue weighted by molar-refractivity contribution is 5.85. The summed E-state index contributed by atoms with van der Waals surface area (Å²) in [5.41, 5.74) is 1.90. The van der Waals surface area contributed by atoms with Gasteiger partial charge >= 0.3 is 0 Å². The third-order valence-electron chi connectivity index (χ3n) is 3.92. The second kappa shape index (κ2) is 5.68. The Balaban J connectivity index is 2.40. The number of rotatable bonds is 3. The van der Waals surface area contributed by atoms with Gasteiger partial charge in [-0.1, -0.05) is 44.2 Å². The molecule has 0 fully saturated rings. The number of ether oxygens (including phenoxy) is 1. The number of nitrogens with zero attached hydrogens (tertiary/aromatic N) is 1. The molecule has 112 valence electrons. The van der Waals surface area contributed by atoms with Crippen molar-refractivity contribution in [1.29, 1.82) is 0 Å². The number of fused-ring (bicyclic) bond motifs is 1. The summed E-state index contributed by atoms with van der Waals surface area (Å²) in [6, 6.07) is 15.4. The highest BCUT2D eigenvalue weighted by atomic mass is 16.5. The van der Waals surface area contributed by atoms with Gasteiger partial charge in [0, 0.05) is 11.6 Å². The van der Waals surface area contributed by atoms with Crippen LogP contribution in [-0.2, 0) is 0 Å². The molecular weight excluding hydrogens is 274 g/mol. The summed E-state index contributed by atoms with van der Waals surface area (Å²) < 4.78 is 7.10. The number of benzene rings is 2. The molecule has 3 rings (SSSR count). The Hall–Kier alpha value is -2.55. The minimum atomic E-state index is -0.0236. The van der Waals surface area contributed by atoms with E-state index in [1.54, 1.807) is 11.7 Å². The molecule has 0 aliphatic heterocycles. The zero-order chi connectivity index (χ0) is 15.7. The zero-order valence-corrected chi connectivity index (χ0v) is 13.0. The minimum absolute atomic E-state index is 0.0236. The van der Waals surface area contributed by atoms with Crippen LogP contribution in [0.5, 0.6) is 5.75 Å². The molecule has 3 heteroatoms. The molecule has 0 saturated carbocycles. The van der Waals surface area contributed by atoms with Crippen LogP contribution in [-0.4, -0.2) is 11.7 Å². The van der Waals surface area contributed by atoms with E-state index in [0.29, 0.717) is 11.7 Å². The normalized spacial score (nSPS) is 11.1. The van der Waals surface area contributed by atoms with Crippen molar-refractivity contribution >= 4 is 10.8 Å². The Morgan fingerprint density at radius 2 is 1.59 bits per heavy atom. The molecule has 0 bridgehead atoms. The Bertz CT molecular complexity index is 878. The van der Waals surface area contributed by atoms with Gasteiger partial charge in [-0.3, -0.25) is 9.36 Å². The van der Waals surface area contributed by atoms with Gasteiger partial charge < -0.3 is 4.74 Å². The van der Waals surface area contributed by atoms with Crippen molar-refractivity contribution in [2.24, 2.45) is 0 Å². The fourth-order valence-electron chi connectivity index (χ4n) is 2.79. The summed E-state index contributed by atoms with van der Waals surface area (Å²) in [6.07, 6.45) is 1.94. The molecule has 0 N–H and O–H groups in total. The second-order valence-electron chi connectivity index (χ2n) is 5.63. The largest absolute Gasteiger partial charge is 0.495 e. The molecule has 0 unspecified atom stereocenters. The van der Waals surface area contributed by atoms with Gasteiger partial charge in [-0.05, 0) is 35.1 Å². The van der Waals surface area contributed by atoms with Crippen LogP contribution in [0.3, 0.4) is 0 Å². The molecule has 1 heterocycles. The first-order valence-electron chi connectivity index (χ1n) is 7.41. The molecule has 0 aliphatic rings. The average molecular weight is 293 g/mol. The van der Waals surface area contributed by atoms with E-state index in [4.69, 9.17) is 4.74 Å². The standard InChI is InChI=1S/C19H19NO2/c1-13(2)16-12-20(17-10-6-7-11-18(17)22-3)19(21)15-9-5-4-8-14(15)16/h4-13H,1-3H3. The number of methoxy groups -OCH3 is 1. The molecule has 0 atom stereocenters. The molecule has 0 aliphatic carbocycles. The summed E-state index contributed by atoms with van der Waals surface area (Å²) in [7, 11) is 1.62. The summed E-state index contributed by atoms with van der Waals surface area (Å²) in [5.74, 6) is 1.01. The topological polar surface area (TPSA) is 31.2 Å². The molecule has 3 aromatic rings. The van der Waals surface area contributed by atoms with Gasteiger partial charge in [-0.15, -0.1) is 0 Å². The maximum absolute atomic E-state index is 12.9. The second-order valence-corrected chi connectivity index (χ2v) is 5.63. The summed E-state index contributed by atoms with van der Waals surface area (Å²) in [5, 5.41) is 1.76. The van der Waals surface area contributed by atoms with Crippen LogP contribution in [0.2, 0.25) is 0 Å². The van der Waals surface area contributed by atoms with E-state index >= 15 is 0 Å². The first-order chi connectivity index (χ1) is 10.6. The van der Waals surface area contributed by atoms with Crippen molar-refractivity contribution in [3.05, 3.63) is 70.6 Å². The average Bonchev–Trinajstić information content (AvgIpc) is 2.55. The van der Waals surface area contributed by atoms with Crippen molar-refractivity contribution in [3.63, 3.8) is 0 Å². The Morgan fingerprint density at radius 3 is 2.27 bits per heavy atom. The molecule has 3 nitrogen and oxygen atoms in total. The zero-order valence-electron chi connectivity index (χ0n) is 13.0. The van der Waals surface area contributed by atoms with Crippen LogP contribution in [0, 0.1) is 0 Å². The molecule has 2 aromatic carbocycles. The summed E-state index contributed by atoms with van der Waals surface area (Å²) >= 11 is 0. The van der Waals surface area contributed by atoms with E-state index in [1.165, 1.54) is 0 Å². The van der Waals surface area contributed by atoms with Crippen LogP contribution >= 0.6 is 0 Å². The van der Waals surface area contributed by atoms with E-state index in [0.717, 1.165) is 22.0 Å². The highest BCUT2D eigenvalue weighted by Crippen LogP contribution is 2.27. The lowest BCUT2D eigenvalue weighted by atomic mass is 9.98. The van der Waals surface area contributed by atoms with Gasteiger partial charge in [0.05, 0.1) is 12.8 Å². The van der Waals surface area contributed by atoms with Crippen molar-refractivity contribution in [2.75, 3.05) is 7.11 Å². The van der Waals surface area contributed by atoms with Gasteiger partial charge in [-0.25, -0.2) is 0 Å². The van der Waals surface area contributed by atoms with Crippen LogP contribution in [0.4, 0.5) is 0 Å². The molecule has 1 aromatic heterocycles. The number of para-hydroxylation sites is 2. The number of hydrogen-bond acceptors (Lipinski definition) is 2. The van der Waals surface area contributed by atoms with Crippen molar-refractivity contribution < 1.29 is 4.74 Å². The van der Waals surface area contributed by atoms with Gasteiger partial charge in [0.2, 0.25) is 0 Å². The third-order valence-corrected chi connectivity index (χ3v) is 3.92. The van der Waals surface area contributed by atoms with Crippen LogP contribution < -0.4 is 10.3 Å². The molecular formula is C19H19NO2. The predicted molar refractivity (Wildman–Crippen MR) is 90.2 cm³/mol. The van der Waals surface area contributed by atoms with Crippen molar-refractivity contribution in [2.45, 2.75) is 19.8 Å². The Labute approximate surface area is 129 Å². The minimum Gasteiger partial charge on any atom is -0.495 e. The van der Waals surface area contributed by atoms with E-state index in [2.05, 4.69) is 13.8 Å². The van der Waals surface area contributed by atoms with E-state index in [1.807, 2.05) is 54.7 Å². The molecule has 0 saturated heterocycles. The van der Waals surface area contributed by atoms with Gasteiger partial charge in [-0.2, -0.15) is 0 Å². The number of pyridine rings is 1.